The zero-order valence-corrected chi connectivity index (χ0v) is 15.7. The number of aryl methyl sites for hydroxylation is 1. The topological polar surface area (TPSA) is 71.1 Å². The molecule has 0 spiro atoms. The molecule has 0 aliphatic rings. The molecule has 2 rings (SSSR count). The first-order valence-electron chi connectivity index (χ1n) is 6.31. The van der Waals surface area contributed by atoms with Crippen molar-refractivity contribution in [3.63, 3.8) is 0 Å². The number of thiazole rings is 1. The molecule has 0 aromatic carbocycles. The molecule has 5 nitrogen and oxygen atoms in total. The molecule has 0 bridgehead atoms. The summed E-state index contributed by atoms with van der Waals surface area (Å²) < 4.78 is 28.0. The van der Waals surface area contributed by atoms with E-state index >= 15 is 0 Å². The van der Waals surface area contributed by atoms with Crippen LogP contribution in [0.4, 0.5) is 0 Å². The van der Waals surface area contributed by atoms with Crippen molar-refractivity contribution in [2.75, 3.05) is 6.54 Å². The van der Waals surface area contributed by atoms with E-state index in [1.54, 1.807) is 11.6 Å². The first-order valence-corrected chi connectivity index (χ1v) is 10.3. The Hall–Kier alpha value is -0.320. The number of nitrogens with zero attached hydrogens (tertiary/aromatic N) is 1. The van der Waals surface area contributed by atoms with E-state index in [1.807, 2.05) is 13.8 Å². The SMILES string of the molecule is CCNCc1cc(S(=O)(=O)NCc2scnc2C)c(Br)s1. The summed E-state index contributed by atoms with van der Waals surface area (Å²) in [6.07, 6.45) is 0. The highest BCUT2D eigenvalue weighted by Gasteiger charge is 2.21. The minimum atomic E-state index is -3.52. The van der Waals surface area contributed by atoms with E-state index in [0.29, 0.717) is 15.2 Å². The van der Waals surface area contributed by atoms with Gasteiger partial charge in [0.2, 0.25) is 10.0 Å². The smallest absolute Gasteiger partial charge is 0.242 e. The van der Waals surface area contributed by atoms with Gasteiger partial charge >= 0.3 is 0 Å². The van der Waals surface area contributed by atoms with E-state index in [0.717, 1.165) is 22.0 Å². The Morgan fingerprint density at radius 2 is 2.14 bits per heavy atom. The molecule has 0 amide bonds. The number of nitrogens with one attached hydrogen (secondary N) is 2. The molecule has 116 valence electrons. The zero-order valence-electron chi connectivity index (χ0n) is 11.6. The fourth-order valence-electron chi connectivity index (χ4n) is 1.65. The van der Waals surface area contributed by atoms with Crippen LogP contribution in [0.5, 0.6) is 0 Å². The van der Waals surface area contributed by atoms with Crippen molar-refractivity contribution in [1.82, 2.24) is 15.0 Å². The summed E-state index contributed by atoms with van der Waals surface area (Å²) in [6.45, 7) is 5.67. The molecule has 0 saturated carbocycles. The number of sulfonamides is 1. The molecule has 0 aliphatic carbocycles. The molecule has 2 N–H and O–H groups in total. The van der Waals surface area contributed by atoms with Crippen molar-refractivity contribution in [3.8, 4) is 0 Å². The fourth-order valence-corrected chi connectivity index (χ4v) is 6.10. The first-order chi connectivity index (χ1) is 9.94. The molecular formula is C12H16BrN3O2S3. The molecule has 0 aliphatic heterocycles. The van der Waals surface area contributed by atoms with Crippen LogP contribution in [0.25, 0.3) is 0 Å². The average molecular weight is 410 g/mol. The van der Waals surface area contributed by atoms with Crippen LogP contribution >= 0.6 is 38.6 Å². The standard InChI is InChI=1S/C12H16BrN3O2S3/c1-3-14-5-9-4-11(12(13)20-9)21(17,18)16-6-10-8(2)15-7-19-10/h4,7,14,16H,3,5-6H2,1-2H3. The zero-order chi connectivity index (χ0) is 15.5. The number of rotatable bonds is 7. The number of halogens is 1. The molecule has 2 aromatic heterocycles. The molecule has 0 atom stereocenters. The monoisotopic (exact) mass is 409 g/mol. The van der Waals surface area contributed by atoms with Gasteiger partial charge in [-0.3, -0.25) is 0 Å². The molecule has 0 fully saturated rings. The molecule has 2 heterocycles. The Morgan fingerprint density at radius 1 is 1.38 bits per heavy atom. The van der Waals surface area contributed by atoms with E-state index < -0.39 is 10.0 Å². The van der Waals surface area contributed by atoms with Crippen molar-refractivity contribution in [2.24, 2.45) is 0 Å². The Bertz CT molecular complexity index is 709. The van der Waals surface area contributed by atoms with Gasteiger partial charge in [-0.1, -0.05) is 6.92 Å². The van der Waals surface area contributed by atoms with Gasteiger partial charge in [0, 0.05) is 22.8 Å². The summed E-state index contributed by atoms with van der Waals surface area (Å²) in [7, 11) is -3.52. The second kappa shape index (κ2) is 7.30. The van der Waals surface area contributed by atoms with Crippen molar-refractivity contribution >= 4 is 48.6 Å². The largest absolute Gasteiger partial charge is 0.312 e. The van der Waals surface area contributed by atoms with E-state index in [9.17, 15) is 8.42 Å². The maximum Gasteiger partial charge on any atom is 0.242 e. The second-order valence-electron chi connectivity index (χ2n) is 4.32. The van der Waals surface area contributed by atoms with Crippen LogP contribution in [0.3, 0.4) is 0 Å². The van der Waals surface area contributed by atoms with Gasteiger partial charge < -0.3 is 5.32 Å². The third-order valence-corrected chi connectivity index (χ3v) is 7.40. The maximum absolute atomic E-state index is 12.4. The van der Waals surface area contributed by atoms with E-state index in [1.165, 1.54) is 22.7 Å². The Kier molecular flexibility index (Phi) is 5.92. The summed E-state index contributed by atoms with van der Waals surface area (Å²) in [5, 5.41) is 3.19. The molecule has 0 unspecified atom stereocenters. The minimum absolute atomic E-state index is 0.268. The Labute approximate surface area is 141 Å². The number of thiophene rings is 1. The third kappa shape index (κ3) is 4.33. The predicted molar refractivity (Wildman–Crippen MR) is 90.3 cm³/mol. The highest BCUT2D eigenvalue weighted by Crippen LogP contribution is 2.31. The first kappa shape index (κ1) is 17.0. The normalized spacial score (nSPS) is 12.0. The molecular weight excluding hydrogens is 394 g/mol. The molecule has 0 radical (unpaired) electrons. The van der Waals surface area contributed by atoms with Gasteiger partial charge in [-0.15, -0.1) is 22.7 Å². The van der Waals surface area contributed by atoms with Crippen molar-refractivity contribution in [1.29, 1.82) is 0 Å². The van der Waals surface area contributed by atoms with Crippen LogP contribution in [0.1, 0.15) is 22.4 Å². The van der Waals surface area contributed by atoms with Crippen molar-refractivity contribution < 1.29 is 8.42 Å². The van der Waals surface area contributed by atoms with Gasteiger partial charge in [-0.05, 0) is 35.5 Å². The van der Waals surface area contributed by atoms with Crippen LogP contribution < -0.4 is 10.0 Å². The fraction of sp³-hybridized carbons (Fsp3) is 0.417. The van der Waals surface area contributed by atoms with Crippen LogP contribution in [0, 0.1) is 6.92 Å². The highest BCUT2D eigenvalue weighted by molar-refractivity contribution is 9.11. The molecule has 9 heteroatoms. The molecule has 2 aromatic rings. The number of aromatic nitrogens is 1. The van der Waals surface area contributed by atoms with Crippen molar-refractivity contribution in [2.45, 2.75) is 31.8 Å². The summed E-state index contributed by atoms with van der Waals surface area (Å²) in [5.41, 5.74) is 2.58. The number of hydrogen-bond acceptors (Lipinski definition) is 6. The second-order valence-corrected chi connectivity index (χ2v) is 9.45. The van der Waals surface area contributed by atoms with Gasteiger partial charge in [0.05, 0.1) is 15.0 Å². The summed E-state index contributed by atoms with van der Waals surface area (Å²) in [5.74, 6) is 0. The predicted octanol–water partition coefficient (Wildman–Crippen LogP) is 2.86. The van der Waals surface area contributed by atoms with E-state index in [-0.39, 0.29) is 6.54 Å². The van der Waals surface area contributed by atoms with Crippen LogP contribution in [0.2, 0.25) is 0 Å². The lowest BCUT2D eigenvalue weighted by Crippen LogP contribution is -2.23. The number of hydrogen-bond donors (Lipinski definition) is 2. The van der Waals surface area contributed by atoms with Crippen LogP contribution in [-0.2, 0) is 23.1 Å². The van der Waals surface area contributed by atoms with Crippen LogP contribution in [-0.4, -0.2) is 19.9 Å². The lowest BCUT2D eigenvalue weighted by molar-refractivity contribution is 0.581. The van der Waals surface area contributed by atoms with Gasteiger partial charge in [-0.25, -0.2) is 18.1 Å². The van der Waals surface area contributed by atoms with Gasteiger partial charge in [0.15, 0.2) is 0 Å². The molecule has 0 saturated heterocycles. The van der Waals surface area contributed by atoms with Crippen LogP contribution in [0.15, 0.2) is 20.3 Å². The highest BCUT2D eigenvalue weighted by atomic mass is 79.9. The third-order valence-electron chi connectivity index (χ3n) is 2.81. The summed E-state index contributed by atoms with van der Waals surface area (Å²) in [4.78, 5) is 6.32. The summed E-state index contributed by atoms with van der Waals surface area (Å²) >= 11 is 6.22. The maximum atomic E-state index is 12.4. The molecule has 21 heavy (non-hydrogen) atoms. The Morgan fingerprint density at radius 3 is 2.76 bits per heavy atom. The minimum Gasteiger partial charge on any atom is -0.312 e. The van der Waals surface area contributed by atoms with Gasteiger partial charge in [-0.2, -0.15) is 0 Å². The van der Waals surface area contributed by atoms with Crippen molar-refractivity contribution in [3.05, 3.63) is 30.8 Å². The lowest BCUT2D eigenvalue weighted by atomic mass is 10.4. The van der Waals surface area contributed by atoms with E-state index in [2.05, 4.69) is 31.0 Å². The quantitative estimate of drug-likeness (QED) is 0.737. The van der Waals surface area contributed by atoms with Gasteiger partial charge in [0.25, 0.3) is 0 Å². The van der Waals surface area contributed by atoms with E-state index in [4.69, 9.17) is 0 Å². The summed E-state index contributed by atoms with van der Waals surface area (Å²) in [6, 6.07) is 1.71. The lowest BCUT2D eigenvalue weighted by Gasteiger charge is -2.04. The average Bonchev–Trinajstić information content (AvgIpc) is 3.00. The van der Waals surface area contributed by atoms with Gasteiger partial charge in [0.1, 0.15) is 4.90 Å². The Balaban J connectivity index is 2.12.